The lowest BCUT2D eigenvalue weighted by atomic mass is 9.98. The van der Waals surface area contributed by atoms with E-state index in [0.29, 0.717) is 16.9 Å². The molecule has 0 aliphatic carbocycles. The predicted molar refractivity (Wildman–Crippen MR) is 319 cm³/mol. The van der Waals surface area contributed by atoms with Crippen LogP contribution < -0.4 is 15.4 Å². The number of fused-ring (bicyclic) bond motifs is 2. The van der Waals surface area contributed by atoms with Crippen molar-refractivity contribution in [1.29, 1.82) is 0 Å². The SMILES string of the molecule is C=CCN1CC(=O)N2[C@@H](Cc3ccc(O)cc3)C(=O)N(Cc3ccc(F)cc3F)C[C@@H]2N1C(=O)NCc1ccccc1.C=CCN1CC(=O)N2[C@@H](Cc3ccc(OC(=O)N(C)C)cc3)C(=O)N(Cc3ccc(F)cc3F)C[C@@H]2N1C(=O)NCc1ccccc1. The summed E-state index contributed by atoms with van der Waals surface area (Å²) in [5.41, 5.74) is 3.27. The Morgan fingerprint density at radius 1 is 0.573 bits per heavy atom. The van der Waals surface area contributed by atoms with Crippen molar-refractivity contribution in [2.75, 3.05) is 53.4 Å². The number of phenols is 1. The number of rotatable bonds is 17. The molecule has 4 fully saturated rings. The molecule has 0 saturated carbocycles. The number of piperazine rings is 2. The minimum absolute atomic E-state index is 0.0513. The van der Waals surface area contributed by atoms with Crippen LogP contribution in [-0.2, 0) is 58.2 Å². The van der Waals surface area contributed by atoms with Gasteiger partial charge in [-0.25, -0.2) is 52.0 Å². The molecule has 0 aromatic heterocycles. The van der Waals surface area contributed by atoms with E-state index in [1.807, 2.05) is 60.7 Å². The van der Waals surface area contributed by atoms with Gasteiger partial charge in [-0.15, -0.1) is 13.2 Å². The summed E-state index contributed by atoms with van der Waals surface area (Å²) in [6.45, 7) is 7.41. The Morgan fingerprint density at radius 3 is 1.36 bits per heavy atom. The molecule has 9 amide bonds. The molecule has 4 aliphatic rings. The van der Waals surface area contributed by atoms with Gasteiger partial charge in [0.25, 0.3) is 0 Å². The molecule has 4 saturated heterocycles. The maximum Gasteiger partial charge on any atom is 0.414 e. The molecule has 4 atom stereocenters. The molecule has 0 unspecified atom stereocenters. The van der Waals surface area contributed by atoms with E-state index in [1.165, 1.54) is 58.8 Å². The van der Waals surface area contributed by atoms with E-state index in [-0.39, 0.29) is 107 Å². The number of carbonyl (C=O) groups excluding carboxylic acids is 7. The van der Waals surface area contributed by atoms with Gasteiger partial charge < -0.3 is 45.0 Å². The second kappa shape index (κ2) is 28.6. The van der Waals surface area contributed by atoms with Crippen molar-refractivity contribution in [2.24, 2.45) is 0 Å². The summed E-state index contributed by atoms with van der Waals surface area (Å²) in [4.78, 5) is 102. The number of hydrazine groups is 2. The van der Waals surface area contributed by atoms with E-state index in [4.69, 9.17) is 4.74 Å². The zero-order valence-corrected chi connectivity index (χ0v) is 49.0. The highest BCUT2D eigenvalue weighted by Crippen LogP contribution is 2.33. The molecule has 3 N–H and O–H groups in total. The Hall–Kier alpha value is -10.1. The first-order valence-corrected chi connectivity index (χ1v) is 28.6. The molecule has 4 heterocycles. The van der Waals surface area contributed by atoms with Gasteiger partial charge in [0.05, 0.1) is 26.2 Å². The molecular formula is C65H67F4N11O9. The van der Waals surface area contributed by atoms with Gasteiger partial charge in [-0.2, -0.15) is 0 Å². The molecule has 24 heteroatoms. The number of hydrogen-bond donors (Lipinski definition) is 3. The Balaban J connectivity index is 0.000000213. The lowest BCUT2D eigenvalue weighted by Gasteiger charge is -2.55. The summed E-state index contributed by atoms with van der Waals surface area (Å²) in [6, 6.07) is 34.7. The molecule has 4 aliphatic heterocycles. The van der Waals surface area contributed by atoms with Crippen molar-refractivity contribution < 1.29 is 61.0 Å². The molecule has 89 heavy (non-hydrogen) atoms. The average Bonchev–Trinajstić information content (AvgIpc) is 1.18. The number of hydrogen-bond acceptors (Lipinski definition) is 11. The molecule has 0 spiro atoms. The van der Waals surface area contributed by atoms with Gasteiger partial charge in [-0.05, 0) is 58.7 Å². The van der Waals surface area contributed by atoms with Crippen molar-refractivity contribution in [3.05, 3.63) is 228 Å². The third-order valence-electron chi connectivity index (χ3n) is 15.4. The first-order valence-electron chi connectivity index (χ1n) is 28.6. The maximum absolute atomic E-state index is 14.8. The van der Waals surface area contributed by atoms with Crippen LogP contribution in [0.15, 0.2) is 171 Å². The van der Waals surface area contributed by atoms with Crippen molar-refractivity contribution in [1.82, 2.24) is 55.2 Å². The van der Waals surface area contributed by atoms with Crippen LogP contribution in [0.25, 0.3) is 0 Å². The Bertz CT molecular complexity index is 3570. The topological polar surface area (TPSA) is 202 Å². The summed E-state index contributed by atoms with van der Waals surface area (Å²) in [5.74, 6) is -4.36. The molecule has 6 aromatic rings. The molecule has 0 bridgehead atoms. The van der Waals surface area contributed by atoms with Crippen molar-refractivity contribution in [3.8, 4) is 11.5 Å². The zero-order chi connectivity index (χ0) is 63.5. The van der Waals surface area contributed by atoms with Gasteiger partial charge in [0, 0.05) is 89.5 Å². The number of phenolic OH excluding ortho intramolecular Hbond substituents is 1. The standard InChI is InChI=1S/C34H36F2N6O5.C31H31F2N5O4/c1-4-16-40-22-31(43)41-29(17-23-10-14-27(15-11-23)47-34(46)38(2)3)32(44)39(20-25-12-13-26(35)18-28(25)36)21-30(41)42(40)33(45)37-19-24-8-6-5-7-9-24;1-2-14-36-20-29(40)37-27(15-21-8-12-25(39)13-9-21)30(41)35(18-23-10-11-24(32)16-26(23)33)19-28(37)38(36)31(42)34-17-22-6-4-3-5-7-22/h4-15,18,29-30H,1,16-17,19-22H2,2-3H3,(H,37,45);2-13,16,27-28,39H,1,14-15,17-20H2,(H,34,42)/t29-,30-;27-,28-/m00/s1. The number of urea groups is 2. The van der Waals surface area contributed by atoms with Crippen molar-refractivity contribution >= 4 is 41.8 Å². The highest BCUT2D eigenvalue weighted by Gasteiger charge is 2.53. The number of ether oxygens (including phenoxy) is 1. The monoisotopic (exact) mass is 1220 g/mol. The predicted octanol–water partition coefficient (Wildman–Crippen LogP) is 7.17. The van der Waals surface area contributed by atoms with E-state index in [2.05, 4.69) is 23.8 Å². The van der Waals surface area contributed by atoms with Gasteiger partial charge in [0.15, 0.2) is 0 Å². The third-order valence-corrected chi connectivity index (χ3v) is 15.4. The zero-order valence-electron chi connectivity index (χ0n) is 49.0. The minimum Gasteiger partial charge on any atom is -0.508 e. The third kappa shape index (κ3) is 15.2. The van der Waals surface area contributed by atoms with Gasteiger partial charge in [-0.3, -0.25) is 19.2 Å². The summed E-state index contributed by atoms with van der Waals surface area (Å²) in [5, 5.41) is 21.5. The van der Waals surface area contributed by atoms with Crippen LogP contribution in [0.1, 0.15) is 33.4 Å². The van der Waals surface area contributed by atoms with Crippen molar-refractivity contribution in [3.63, 3.8) is 0 Å². The molecule has 10 rings (SSSR count). The Morgan fingerprint density at radius 2 is 0.978 bits per heavy atom. The lowest BCUT2D eigenvalue weighted by Crippen LogP contribution is -2.76. The summed E-state index contributed by atoms with van der Waals surface area (Å²) < 4.78 is 62.1. The number of benzene rings is 6. The summed E-state index contributed by atoms with van der Waals surface area (Å²) in [6.07, 6.45) is 0.900. The van der Waals surface area contributed by atoms with E-state index in [1.54, 1.807) is 72.7 Å². The number of nitrogens with one attached hydrogen (secondary N) is 2. The number of aromatic hydroxyl groups is 1. The second-order valence-electron chi connectivity index (χ2n) is 21.7. The van der Waals surface area contributed by atoms with Crippen LogP contribution >= 0.6 is 0 Å². The minimum atomic E-state index is -1.06. The molecule has 6 aromatic carbocycles. The Labute approximate surface area is 511 Å². The maximum atomic E-state index is 14.8. The first-order chi connectivity index (χ1) is 42.8. The fourth-order valence-electron chi connectivity index (χ4n) is 11.1. The van der Waals surface area contributed by atoms with Crippen LogP contribution in [0.2, 0.25) is 0 Å². The van der Waals surface area contributed by atoms with Gasteiger partial charge >= 0.3 is 18.2 Å². The quantitative estimate of drug-likeness (QED) is 0.0618. The highest BCUT2D eigenvalue weighted by molar-refractivity contribution is 5.93. The number of halogens is 4. The van der Waals surface area contributed by atoms with Gasteiger partial charge in [0.2, 0.25) is 23.6 Å². The van der Waals surface area contributed by atoms with Crippen LogP contribution in [0, 0.1) is 23.3 Å². The largest absolute Gasteiger partial charge is 0.508 e. The van der Waals surface area contributed by atoms with Gasteiger partial charge in [0.1, 0.15) is 59.2 Å². The van der Waals surface area contributed by atoms with Crippen LogP contribution in [0.4, 0.5) is 31.9 Å². The second-order valence-corrected chi connectivity index (χ2v) is 21.7. The Kier molecular flexibility index (Phi) is 20.4. The normalized spacial score (nSPS) is 18.5. The number of carbonyl (C=O) groups is 7. The van der Waals surface area contributed by atoms with Crippen LogP contribution in [0.5, 0.6) is 11.5 Å². The fourth-order valence-corrected chi connectivity index (χ4v) is 11.1. The smallest absolute Gasteiger partial charge is 0.414 e. The number of nitrogens with zero attached hydrogens (tertiary/aromatic N) is 9. The van der Waals surface area contributed by atoms with Crippen LogP contribution in [-0.4, -0.2) is 169 Å². The molecule has 20 nitrogen and oxygen atoms in total. The fraction of sp³-hybridized carbons (Fsp3) is 0.277. The molecule has 0 radical (unpaired) electrons. The van der Waals surface area contributed by atoms with E-state index >= 15 is 0 Å². The molecule has 464 valence electrons. The van der Waals surface area contributed by atoms with Crippen molar-refractivity contribution in [2.45, 2.75) is 63.4 Å². The van der Waals surface area contributed by atoms with E-state index < -0.39 is 77.7 Å². The van der Waals surface area contributed by atoms with Gasteiger partial charge in [-0.1, -0.05) is 109 Å². The van der Waals surface area contributed by atoms with E-state index in [9.17, 15) is 56.2 Å². The first kappa shape index (κ1) is 63.4. The average molecular weight is 1220 g/mol. The van der Waals surface area contributed by atoms with Crippen LogP contribution in [0.3, 0.4) is 0 Å². The lowest BCUT2D eigenvalue weighted by molar-refractivity contribution is -0.189. The number of amides is 9. The van der Waals surface area contributed by atoms with E-state index in [0.717, 1.165) is 35.4 Å². The summed E-state index contributed by atoms with van der Waals surface area (Å²) >= 11 is 0. The highest BCUT2D eigenvalue weighted by atomic mass is 19.1. The molecular weight excluding hydrogens is 1150 g/mol. The summed E-state index contributed by atoms with van der Waals surface area (Å²) in [7, 11) is 3.12.